The molecule has 0 amide bonds. The molecule has 1 aliphatic rings. The van der Waals surface area contributed by atoms with Gasteiger partial charge in [-0.25, -0.2) is 0 Å². The lowest BCUT2D eigenvalue weighted by Crippen LogP contribution is -2.44. The van der Waals surface area contributed by atoms with Gasteiger partial charge in [-0.1, -0.05) is 20.8 Å². The third-order valence-corrected chi connectivity index (χ3v) is 9.14. The molecule has 2 rings (SSSR count). The molecule has 2 nitrogen and oxygen atoms in total. The minimum absolute atomic E-state index is 0.202. The molecule has 0 fully saturated rings. The van der Waals surface area contributed by atoms with Crippen LogP contribution < -0.4 is 9.16 Å². The Kier molecular flexibility index (Phi) is 4.19. The fourth-order valence-electron chi connectivity index (χ4n) is 2.41. The monoisotopic (exact) mass is 292 g/mol. The van der Waals surface area contributed by atoms with Crippen LogP contribution in [-0.2, 0) is 12.8 Å². The lowest BCUT2D eigenvalue weighted by Gasteiger charge is -2.37. The van der Waals surface area contributed by atoms with Crippen molar-refractivity contribution >= 4 is 8.32 Å². The van der Waals surface area contributed by atoms with E-state index in [1.807, 2.05) is 0 Å². The quantitative estimate of drug-likeness (QED) is 0.733. The molecule has 3 heteroatoms. The number of hydrogen-bond donors (Lipinski definition) is 0. The van der Waals surface area contributed by atoms with Crippen LogP contribution >= 0.6 is 0 Å². The highest BCUT2D eigenvalue weighted by molar-refractivity contribution is 6.74. The standard InChI is InChI=1S/C17H28O2Si/c1-17(2,3)20(5,6)19-16-12-14-10-8-7-9-13(14)11-15(16)18-4/h11-12H,7-10H2,1-6H3. The molecule has 0 bridgehead atoms. The normalized spacial score (nSPS) is 15.7. The number of aryl methyl sites for hydroxylation is 2. The molecule has 0 aliphatic heterocycles. The summed E-state index contributed by atoms with van der Waals surface area (Å²) in [6, 6.07) is 4.42. The topological polar surface area (TPSA) is 18.5 Å². The third kappa shape index (κ3) is 3.03. The summed E-state index contributed by atoms with van der Waals surface area (Å²) in [6.07, 6.45) is 4.93. The van der Waals surface area contributed by atoms with Crippen molar-refractivity contribution < 1.29 is 9.16 Å². The fraction of sp³-hybridized carbons (Fsp3) is 0.647. The number of methoxy groups -OCH3 is 1. The second kappa shape index (κ2) is 5.43. The van der Waals surface area contributed by atoms with Crippen LogP contribution in [0, 0.1) is 0 Å². The highest BCUT2D eigenvalue weighted by Gasteiger charge is 2.39. The maximum atomic E-state index is 6.47. The van der Waals surface area contributed by atoms with Gasteiger partial charge in [0.15, 0.2) is 5.75 Å². The Balaban J connectivity index is 2.36. The molecule has 0 N–H and O–H groups in total. The van der Waals surface area contributed by atoms with Gasteiger partial charge >= 0.3 is 0 Å². The molecule has 112 valence electrons. The zero-order valence-electron chi connectivity index (χ0n) is 13.8. The van der Waals surface area contributed by atoms with E-state index in [1.165, 1.54) is 36.8 Å². The van der Waals surface area contributed by atoms with Crippen molar-refractivity contribution in [1.29, 1.82) is 0 Å². The summed E-state index contributed by atoms with van der Waals surface area (Å²) >= 11 is 0. The summed E-state index contributed by atoms with van der Waals surface area (Å²) in [4.78, 5) is 0. The molecule has 0 saturated carbocycles. The van der Waals surface area contributed by atoms with Crippen molar-refractivity contribution in [1.82, 2.24) is 0 Å². The van der Waals surface area contributed by atoms with Gasteiger partial charge in [-0.3, -0.25) is 0 Å². The van der Waals surface area contributed by atoms with Crippen molar-refractivity contribution in [2.24, 2.45) is 0 Å². The van der Waals surface area contributed by atoms with Crippen LogP contribution in [0.4, 0.5) is 0 Å². The van der Waals surface area contributed by atoms with Crippen molar-refractivity contribution in [3.05, 3.63) is 23.3 Å². The van der Waals surface area contributed by atoms with E-state index in [4.69, 9.17) is 9.16 Å². The maximum absolute atomic E-state index is 6.47. The predicted octanol–water partition coefficient (Wildman–Crippen LogP) is 4.96. The lowest BCUT2D eigenvalue weighted by atomic mass is 9.91. The van der Waals surface area contributed by atoms with E-state index in [1.54, 1.807) is 7.11 Å². The van der Waals surface area contributed by atoms with E-state index < -0.39 is 8.32 Å². The Morgan fingerprint density at radius 1 is 0.950 bits per heavy atom. The van der Waals surface area contributed by atoms with Gasteiger partial charge in [0.2, 0.25) is 0 Å². The van der Waals surface area contributed by atoms with Gasteiger partial charge < -0.3 is 9.16 Å². The zero-order chi connectivity index (χ0) is 15.0. The smallest absolute Gasteiger partial charge is 0.250 e. The number of rotatable bonds is 3. The molecule has 20 heavy (non-hydrogen) atoms. The van der Waals surface area contributed by atoms with Gasteiger partial charge in [0.1, 0.15) is 5.75 Å². The SMILES string of the molecule is COc1cc2c(cc1O[Si](C)(C)C(C)(C)C)CCCC2. The molecule has 0 heterocycles. The highest BCUT2D eigenvalue weighted by Crippen LogP contribution is 2.41. The molecule has 0 atom stereocenters. The minimum Gasteiger partial charge on any atom is -0.541 e. The molecule has 0 saturated heterocycles. The first-order valence-electron chi connectivity index (χ1n) is 7.63. The summed E-state index contributed by atoms with van der Waals surface area (Å²) in [5, 5.41) is 0.202. The molecule has 0 aromatic heterocycles. The van der Waals surface area contributed by atoms with Crippen LogP contribution in [0.15, 0.2) is 12.1 Å². The Bertz CT molecular complexity index is 486. The van der Waals surface area contributed by atoms with Crippen molar-refractivity contribution in [3.8, 4) is 11.5 Å². The second-order valence-corrected chi connectivity index (χ2v) is 12.1. The molecule has 1 aliphatic carbocycles. The maximum Gasteiger partial charge on any atom is 0.250 e. The Morgan fingerprint density at radius 3 is 1.90 bits per heavy atom. The lowest BCUT2D eigenvalue weighted by molar-refractivity contribution is 0.384. The van der Waals surface area contributed by atoms with E-state index in [2.05, 4.69) is 46.0 Å². The molecule has 1 aromatic rings. The van der Waals surface area contributed by atoms with Crippen molar-refractivity contribution in [2.45, 2.75) is 64.6 Å². The minimum atomic E-state index is -1.82. The van der Waals surface area contributed by atoms with Gasteiger partial charge in [0.25, 0.3) is 8.32 Å². The number of fused-ring (bicyclic) bond motifs is 1. The summed E-state index contributed by atoms with van der Waals surface area (Å²) < 4.78 is 12.0. The van der Waals surface area contributed by atoms with Gasteiger partial charge in [0, 0.05) is 0 Å². The van der Waals surface area contributed by atoms with E-state index >= 15 is 0 Å². The van der Waals surface area contributed by atoms with Crippen LogP contribution in [-0.4, -0.2) is 15.4 Å². The van der Waals surface area contributed by atoms with Crippen LogP contribution in [0.2, 0.25) is 18.1 Å². The summed E-state index contributed by atoms with van der Waals surface area (Å²) in [6.45, 7) is 11.4. The predicted molar refractivity (Wildman–Crippen MR) is 87.5 cm³/mol. The van der Waals surface area contributed by atoms with E-state index in [0.29, 0.717) is 0 Å². The van der Waals surface area contributed by atoms with E-state index in [0.717, 1.165) is 11.5 Å². The molecular weight excluding hydrogens is 264 g/mol. The second-order valence-electron chi connectivity index (χ2n) is 7.34. The fourth-order valence-corrected chi connectivity index (χ4v) is 3.42. The number of benzene rings is 1. The Morgan fingerprint density at radius 2 is 1.45 bits per heavy atom. The van der Waals surface area contributed by atoms with Crippen LogP contribution in [0.3, 0.4) is 0 Å². The summed E-state index contributed by atoms with van der Waals surface area (Å²) in [5.41, 5.74) is 2.89. The van der Waals surface area contributed by atoms with Gasteiger partial charge in [0.05, 0.1) is 7.11 Å². The highest BCUT2D eigenvalue weighted by atomic mass is 28.4. The average molecular weight is 292 g/mol. The van der Waals surface area contributed by atoms with Crippen molar-refractivity contribution in [2.75, 3.05) is 7.11 Å². The summed E-state index contributed by atoms with van der Waals surface area (Å²) in [7, 11) is -0.0795. The third-order valence-electron chi connectivity index (χ3n) is 4.80. The molecule has 0 radical (unpaired) electrons. The van der Waals surface area contributed by atoms with Gasteiger partial charge in [-0.15, -0.1) is 0 Å². The van der Waals surface area contributed by atoms with Gasteiger partial charge in [-0.05, 0) is 67.1 Å². The first-order chi connectivity index (χ1) is 9.24. The van der Waals surface area contributed by atoms with Crippen LogP contribution in [0.1, 0.15) is 44.7 Å². The number of hydrogen-bond acceptors (Lipinski definition) is 2. The van der Waals surface area contributed by atoms with Crippen molar-refractivity contribution in [3.63, 3.8) is 0 Å². The van der Waals surface area contributed by atoms with E-state index in [9.17, 15) is 0 Å². The average Bonchev–Trinajstić information content (AvgIpc) is 2.36. The molecule has 1 aromatic carbocycles. The number of ether oxygens (including phenoxy) is 1. The zero-order valence-corrected chi connectivity index (χ0v) is 14.8. The molecular formula is C17H28O2Si. The largest absolute Gasteiger partial charge is 0.541 e. The van der Waals surface area contributed by atoms with Crippen LogP contribution in [0.5, 0.6) is 11.5 Å². The van der Waals surface area contributed by atoms with Crippen LogP contribution in [0.25, 0.3) is 0 Å². The summed E-state index contributed by atoms with van der Waals surface area (Å²) in [5.74, 6) is 1.84. The first-order valence-corrected chi connectivity index (χ1v) is 10.5. The van der Waals surface area contributed by atoms with E-state index in [-0.39, 0.29) is 5.04 Å². The molecule has 0 unspecified atom stereocenters. The molecule has 0 spiro atoms. The Labute approximate surface area is 124 Å². The van der Waals surface area contributed by atoms with Gasteiger partial charge in [-0.2, -0.15) is 0 Å². The Hall–Kier alpha value is -0.963. The first kappa shape index (κ1) is 15.4.